The van der Waals surface area contributed by atoms with Gasteiger partial charge in [0.05, 0.1) is 41.9 Å². The maximum Gasteiger partial charge on any atom is 0.309 e. The molecule has 3 fully saturated rings. The van der Waals surface area contributed by atoms with Gasteiger partial charge < -0.3 is 48.8 Å². The van der Waals surface area contributed by atoms with Gasteiger partial charge in [-0.25, -0.2) is 0 Å². The van der Waals surface area contributed by atoms with Crippen LogP contribution in [0, 0.1) is 23.7 Å². The van der Waals surface area contributed by atoms with Gasteiger partial charge in [-0.05, 0) is 99.1 Å². The zero-order chi connectivity index (χ0) is 39.2. The lowest BCUT2D eigenvalue weighted by molar-refractivity contribution is -0.298. The van der Waals surface area contributed by atoms with Crippen LogP contribution < -0.4 is 0 Å². The average Bonchev–Trinajstić information content (AvgIpc) is 3.40. The molecule has 52 heavy (non-hydrogen) atoms. The molecular formula is C40H71NO11. The summed E-state index contributed by atoms with van der Waals surface area (Å²) in [7, 11) is 3.59. The molecule has 4 N–H and O–H groups in total. The molecule has 3 saturated heterocycles. The van der Waals surface area contributed by atoms with Crippen LogP contribution in [0.3, 0.4) is 0 Å². The van der Waals surface area contributed by atoms with E-state index in [1.54, 1.807) is 14.0 Å². The van der Waals surface area contributed by atoms with Crippen molar-refractivity contribution in [2.45, 2.75) is 199 Å². The lowest BCUT2D eigenvalue weighted by atomic mass is 9.71. The molecule has 0 aromatic carbocycles. The fourth-order valence-electron chi connectivity index (χ4n) is 9.64. The number of methoxy groups -OCH3 is 1. The Kier molecular flexibility index (Phi) is 13.7. The normalized spacial score (nSPS) is 45.3. The molecule has 0 aromatic heterocycles. The minimum atomic E-state index is -1.78. The van der Waals surface area contributed by atoms with Crippen molar-refractivity contribution < 1.29 is 53.6 Å². The van der Waals surface area contributed by atoms with Gasteiger partial charge in [0.1, 0.15) is 41.4 Å². The third-order valence-electron chi connectivity index (χ3n) is 13.2. The first-order valence-electron chi connectivity index (χ1n) is 19.6. The second-order valence-corrected chi connectivity index (χ2v) is 17.6. The zero-order valence-electron chi connectivity index (χ0n) is 34.3. The van der Waals surface area contributed by atoms with Crippen molar-refractivity contribution in [1.82, 2.24) is 4.90 Å². The smallest absolute Gasteiger partial charge is 0.309 e. The Morgan fingerprint density at radius 2 is 1.71 bits per heavy atom. The molecule has 4 rings (SSSR count). The summed E-state index contributed by atoms with van der Waals surface area (Å²) >= 11 is 0. The molecule has 12 nitrogen and oxygen atoms in total. The van der Waals surface area contributed by atoms with E-state index in [1.807, 2.05) is 62.4 Å². The van der Waals surface area contributed by atoms with E-state index in [0.29, 0.717) is 31.4 Å². The largest absolute Gasteiger partial charge is 0.488 e. The predicted molar refractivity (Wildman–Crippen MR) is 196 cm³/mol. The number of aliphatic hydroxyl groups is 4. The molecule has 0 aromatic rings. The molecule has 0 amide bonds. The minimum Gasteiger partial charge on any atom is -0.488 e. The first kappa shape index (κ1) is 43.4. The summed E-state index contributed by atoms with van der Waals surface area (Å²) in [6, 6.07) is -0.0113. The molecule has 4 aliphatic heterocycles. The zero-order valence-corrected chi connectivity index (χ0v) is 34.3. The number of cyclic esters (lactones) is 1. The van der Waals surface area contributed by atoms with Crippen LogP contribution in [-0.2, 0) is 33.2 Å². The van der Waals surface area contributed by atoms with Gasteiger partial charge in [-0.1, -0.05) is 27.7 Å². The van der Waals surface area contributed by atoms with Gasteiger partial charge >= 0.3 is 5.97 Å². The first-order chi connectivity index (χ1) is 24.0. The Morgan fingerprint density at radius 1 is 1.08 bits per heavy atom. The maximum absolute atomic E-state index is 14.4. The number of fused-ring (bicyclic) bond motifs is 2. The number of hydrogen-bond acceptors (Lipinski definition) is 12. The number of carbonyl (C=O) groups is 1. The van der Waals surface area contributed by atoms with Crippen molar-refractivity contribution in [3.8, 4) is 0 Å². The second-order valence-electron chi connectivity index (χ2n) is 17.6. The molecule has 2 bridgehead atoms. The Bertz CT molecular complexity index is 1260. The van der Waals surface area contributed by atoms with Crippen molar-refractivity contribution in [3.05, 3.63) is 11.3 Å². The molecule has 4 aliphatic rings. The summed E-state index contributed by atoms with van der Waals surface area (Å²) < 4.78 is 38.9. The van der Waals surface area contributed by atoms with Crippen LogP contribution in [0.4, 0.5) is 0 Å². The van der Waals surface area contributed by atoms with Crippen LogP contribution in [0.5, 0.6) is 0 Å². The van der Waals surface area contributed by atoms with Crippen LogP contribution in [0.2, 0.25) is 0 Å². The van der Waals surface area contributed by atoms with Gasteiger partial charge in [0, 0.05) is 32.0 Å². The molecule has 0 spiro atoms. The highest BCUT2D eigenvalue weighted by Gasteiger charge is 2.56. The number of nitrogens with zero attached hydrogens (tertiary/aromatic N) is 1. The summed E-state index contributed by atoms with van der Waals surface area (Å²) in [5.74, 6) is -2.04. The predicted octanol–water partition coefficient (Wildman–Crippen LogP) is 4.33. The van der Waals surface area contributed by atoms with Gasteiger partial charge in [-0.2, -0.15) is 0 Å². The van der Waals surface area contributed by atoms with Crippen LogP contribution in [-0.4, -0.2) is 129 Å². The summed E-state index contributed by atoms with van der Waals surface area (Å²) in [5.41, 5.74) is -2.68. The summed E-state index contributed by atoms with van der Waals surface area (Å²) in [5, 5.41) is 45.7. The number of ether oxygens (including phenoxy) is 6. The summed E-state index contributed by atoms with van der Waals surface area (Å²) in [4.78, 5) is 16.6. The molecule has 17 atom stereocenters. The molecule has 4 heterocycles. The fraction of sp³-hybridized carbons (Fsp3) is 0.925. The van der Waals surface area contributed by atoms with E-state index in [2.05, 4.69) is 18.7 Å². The topological polar surface area (TPSA) is 157 Å². The Hall–Kier alpha value is -1.35. The molecule has 0 aliphatic carbocycles. The lowest BCUT2D eigenvalue weighted by Crippen LogP contribution is -2.60. The minimum absolute atomic E-state index is 0.182. The van der Waals surface area contributed by atoms with E-state index in [1.165, 1.54) is 6.92 Å². The second kappa shape index (κ2) is 16.4. The van der Waals surface area contributed by atoms with Crippen molar-refractivity contribution in [2.75, 3.05) is 14.2 Å². The van der Waals surface area contributed by atoms with E-state index in [-0.39, 0.29) is 36.6 Å². The first-order valence-corrected chi connectivity index (χ1v) is 19.6. The van der Waals surface area contributed by atoms with E-state index in [0.717, 1.165) is 5.57 Å². The van der Waals surface area contributed by atoms with Crippen LogP contribution in [0.1, 0.15) is 115 Å². The molecule has 0 radical (unpaired) electrons. The average molecular weight is 742 g/mol. The highest BCUT2D eigenvalue weighted by atomic mass is 16.7. The maximum atomic E-state index is 14.4. The Balaban J connectivity index is 1.83. The van der Waals surface area contributed by atoms with E-state index >= 15 is 0 Å². The Labute approximate surface area is 312 Å². The van der Waals surface area contributed by atoms with E-state index < -0.39 is 83.4 Å². The number of likely N-dealkylation sites (N-methyl/N-ethyl adjacent to an activating group) is 1. The van der Waals surface area contributed by atoms with Gasteiger partial charge in [-0.15, -0.1) is 0 Å². The Morgan fingerprint density at radius 3 is 2.29 bits per heavy atom. The third kappa shape index (κ3) is 8.40. The van der Waals surface area contributed by atoms with Crippen molar-refractivity contribution in [2.24, 2.45) is 23.7 Å². The van der Waals surface area contributed by atoms with Gasteiger partial charge in [0.2, 0.25) is 0 Å². The fourth-order valence-corrected chi connectivity index (χ4v) is 9.64. The van der Waals surface area contributed by atoms with E-state index in [4.69, 9.17) is 28.4 Å². The van der Waals surface area contributed by atoms with Gasteiger partial charge in [0.25, 0.3) is 0 Å². The number of aliphatic hydroxyl groups excluding tert-OH is 3. The van der Waals surface area contributed by atoms with Crippen molar-refractivity contribution >= 4 is 5.97 Å². The van der Waals surface area contributed by atoms with Crippen molar-refractivity contribution in [1.29, 1.82) is 0 Å². The molecule has 0 saturated carbocycles. The molecule has 2 unspecified atom stereocenters. The molecule has 12 heteroatoms. The van der Waals surface area contributed by atoms with Gasteiger partial charge in [-0.3, -0.25) is 9.69 Å². The van der Waals surface area contributed by atoms with E-state index in [9.17, 15) is 25.2 Å². The number of rotatable bonds is 10. The van der Waals surface area contributed by atoms with Gasteiger partial charge in [0.15, 0.2) is 6.29 Å². The SMILES string of the molecule is CC[C@@H](O)[C@@](C)(O)[C@@H]1OC(=O)[C@@H](C)[C@H](C[C@H]2C[C@@](C)(OC)[C@@H](O)[C@H](C)O2)[C@H](C)[C@@H](OC2O[C@H](C)C[C@H](N(C)C(C)C)[C@H]2O)C2(C)CC(C)=C(O2)[C@@H]1C. The number of esters is 1. The highest BCUT2D eigenvalue weighted by molar-refractivity contribution is 5.73. The van der Waals surface area contributed by atoms with Crippen LogP contribution >= 0.6 is 0 Å². The standard InChI is InChI=1S/C40H71NO11/c1-15-30(42)40(12,46)35-25(8)32-21(4)18-39(11,52-32)34(51-37-31(43)29(16-22(5)48-37)41(13)20(2)3)23(6)28(24(7)36(45)50-35)17-27-19-38(10,47-14)33(44)26(9)49-27/h20,22-31,33-35,37,42-44,46H,15-19H2,1-14H3/t22-,23+,24+,25+,26+,27+,28-,29+,30-,31-,33+,34-,35-,37?,38-,39?,40-/m1/s1. The third-order valence-corrected chi connectivity index (χ3v) is 13.2. The van der Waals surface area contributed by atoms with Crippen LogP contribution in [0.15, 0.2) is 11.3 Å². The summed E-state index contributed by atoms with van der Waals surface area (Å²) in [6.45, 7) is 22.9. The monoisotopic (exact) mass is 742 g/mol. The number of carbonyl (C=O) groups excluding carboxylic acids is 1. The number of hydrogen-bond donors (Lipinski definition) is 4. The quantitative estimate of drug-likeness (QED) is 0.236. The van der Waals surface area contributed by atoms with Crippen LogP contribution in [0.25, 0.3) is 0 Å². The summed E-state index contributed by atoms with van der Waals surface area (Å²) in [6.07, 6.45) is -4.61. The van der Waals surface area contributed by atoms with Crippen molar-refractivity contribution in [3.63, 3.8) is 0 Å². The highest BCUT2D eigenvalue weighted by Crippen LogP contribution is 2.49. The lowest BCUT2D eigenvalue weighted by Gasteiger charge is -2.49. The molecule has 302 valence electrons. The molecular weight excluding hydrogens is 670 g/mol.